The predicted molar refractivity (Wildman–Crippen MR) is 88.2 cm³/mol. The highest BCUT2D eigenvalue weighted by Crippen LogP contribution is 2.30. The Kier molecular flexibility index (Phi) is 5.79. The number of nitrogen functional groups attached to an aromatic ring is 1. The summed E-state index contributed by atoms with van der Waals surface area (Å²) in [6, 6.07) is 0.525. The van der Waals surface area contributed by atoms with E-state index in [0.717, 1.165) is 41.8 Å². The molecule has 0 amide bonds. The molecular formula is C16H29N5. The minimum atomic E-state index is 0.525. The topological polar surface area (TPSA) is 75.9 Å². The molecule has 1 fully saturated rings. The van der Waals surface area contributed by atoms with Gasteiger partial charge in [0.25, 0.3) is 0 Å². The molecule has 2 rings (SSSR count). The maximum Gasteiger partial charge on any atom is 0.148 e. The molecule has 0 aromatic carbocycles. The van der Waals surface area contributed by atoms with Crippen molar-refractivity contribution < 1.29 is 0 Å². The molecule has 4 N–H and O–H groups in total. The molecule has 21 heavy (non-hydrogen) atoms. The van der Waals surface area contributed by atoms with E-state index in [4.69, 9.17) is 10.8 Å². The van der Waals surface area contributed by atoms with Crippen molar-refractivity contribution in [2.24, 2.45) is 11.8 Å². The normalized spacial score (nSPS) is 22.1. The maximum atomic E-state index is 5.59. The summed E-state index contributed by atoms with van der Waals surface area (Å²) in [5, 5.41) is 3.64. The second kappa shape index (κ2) is 7.59. The van der Waals surface area contributed by atoms with E-state index < -0.39 is 0 Å². The van der Waals surface area contributed by atoms with Crippen molar-refractivity contribution in [3.8, 4) is 0 Å². The van der Waals surface area contributed by atoms with Gasteiger partial charge in [-0.15, -0.1) is 0 Å². The van der Waals surface area contributed by atoms with Crippen molar-refractivity contribution in [3.05, 3.63) is 11.4 Å². The number of aryl methyl sites for hydroxylation is 1. The van der Waals surface area contributed by atoms with Gasteiger partial charge in [0.15, 0.2) is 0 Å². The van der Waals surface area contributed by atoms with E-state index in [2.05, 4.69) is 29.6 Å². The zero-order valence-electron chi connectivity index (χ0n) is 13.6. The van der Waals surface area contributed by atoms with Gasteiger partial charge >= 0.3 is 0 Å². The number of nitrogens with zero attached hydrogens (tertiary/aromatic N) is 2. The second-order valence-electron chi connectivity index (χ2n) is 6.14. The van der Waals surface area contributed by atoms with Gasteiger partial charge in [-0.1, -0.05) is 33.1 Å². The van der Waals surface area contributed by atoms with Crippen LogP contribution in [0.25, 0.3) is 0 Å². The highest BCUT2D eigenvalue weighted by molar-refractivity contribution is 5.57. The molecule has 0 bridgehead atoms. The van der Waals surface area contributed by atoms with Crippen LogP contribution in [0.3, 0.4) is 0 Å². The molecule has 5 heteroatoms. The minimum absolute atomic E-state index is 0.525. The van der Waals surface area contributed by atoms with Crippen molar-refractivity contribution in [1.82, 2.24) is 9.97 Å². The predicted octanol–water partition coefficient (Wildman–Crippen LogP) is 3.40. The van der Waals surface area contributed by atoms with Crippen LogP contribution < -0.4 is 16.6 Å². The van der Waals surface area contributed by atoms with Crippen molar-refractivity contribution >= 4 is 11.6 Å². The van der Waals surface area contributed by atoms with Gasteiger partial charge in [0, 0.05) is 18.0 Å². The molecule has 2 atom stereocenters. The first-order valence-corrected chi connectivity index (χ1v) is 8.28. The smallest absolute Gasteiger partial charge is 0.148 e. The Morgan fingerprint density at radius 3 is 2.62 bits per heavy atom. The summed E-state index contributed by atoms with van der Waals surface area (Å²) in [6.07, 6.45) is 8.35. The Morgan fingerprint density at radius 2 is 1.95 bits per heavy atom. The number of hydrazine groups is 1. The van der Waals surface area contributed by atoms with Gasteiger partial charge in [0.05, 0.1) is 0 Å². The lowest BCUT2D eigenvalue weighted by molar-refractivity contribution is 0.327. The molecule has 1 aromatic rings. The summed E-state index contributed by atoms with van der Waals surface area (Å²) in [4.78, 5) is 9.18. The summed E-state index contributed by atoms with van der Waals surface area (Å²) in [7, 11) is 0. The van der Waals surface area contributed by atoms with Crippen molar-refractivity contribution in [3.63, 3.8) is 0 Å². The van der Waals surface area contributed by atoms with Gasteiger partial charge in [0.2, 0.25) is 0 Å². The molecule has 0 spiro atoms. The monoisotopic (exact) mass is 291 g/mol. The van der Waals surface area contributed by atoms with E-state index >= 15 is 0 Å². The first-order valence-electron chi connectivity index (χ1n) is 8.28. The van der Waals surface area contributed by atoms with Crippen LogP contribution in [0.5, 0.6) is 0 Å². The summed E-state index contributed by atoms with van der Waals surface area (Å²) in [6.45, 7) is 6.45. The molecule has 118 valence electrons. The Hall–Kier alpha value is -1.36. The number of nitrogens with two attached hydrogens (primary N) is 1. The van der Waals surface area contributed by atoms with Crippen LogP contribution in [-0.2, 0) is 6.42 Å². The SMILES string of the molecule is CCCc1nc(NN)c(C)c(NC2CCCC(CC)C2)n1. The zero-order chi connectivity index (χ0) is 15.2. The third kappa shape index (κ3) is 4.06. The van der Waals surface area contributed by atoms with Gasteiger partial charge in [-0.2, -0.15) is 0 Å². The number of hydrogen-bond acceptors (Lipinski definition) is 5. The number of nitrogens with one attached hydrogen (secondary N) is 2. The fraction of sp³-hybridized carbons (Fsp3) is 0.750. The molecule has 0 aliphatic heterocycles. The Labute approximate surface area is 128 Å². The second-order valence-corrected chi connectivity index (χ2v) is 6.14. The minimum Gasteiger partial charge on any atom is -0.367 e. The van der Waals surface area contributed by atoms with E-state index in [9.17, 15) is 0 Å². The van der Waals surface area contributed by atoms with Crippen LogP contribution in [0, 0.1) is 12.8 Å². The third-order valence-corrected chi connectivity index (χ3v) is 4.50. The first kappa shape index (κ1) is 16.0. The summed E-state index contributed by atoms with van der Waals surface area (Å²) in [5.74, 6) is 8.99. The van der Waals surface area contributed by atoms with Crippen LogP contribution in [0.2, 0.25) is 0 Å². The Bertz CT molecular complexity index is 460. The van der Waals surface area contributed by atoms with E-state index in [1.807, 2.05) is 6.92 Å². The van der Waals surface area contributed by atoms with E-state index in [-0.39, 0.29) is 0 Å². The highest BCUT2D eigenvalue weighted by atomic mass is 15.3. The van der Waals surface area contributed by atoms with Gasteiger partial charge in [-0.3, -0.25) is 0 Å². The average Bonchev–Trinajstić information content (AvgIpc) is 2.50. The molecule has 1 saturated carbocycles. The number of rotatable bonds is 6. The number of hydrogen-bond donors (Lipinski definition) is 3. The lowest BCUT2D eigenvalue weighted by Gasteiger charge is -2.30. The van der Waals surface area contributed by atoms with Gasteiger partial charge in [-0.25, -0.2) is 15.8 Å². The molecule has 1 aliphatic carbocycles. The zero-order valence-corrected chi connectivity index (χ0v) is 13.6. The molecule has 1 aromatic heterocycles. The van der Waals surface area contributed by atoms with Crippen LogP contribution in [0.1, 0.15) is 63.8 Å². The van der Waals surface area contributed by atoms with Gasteiger partial charge in [-0.05, 0) is 32.1 Å². The van der Waals surface area contributed by atoms with Crippen molar-refractivity contribution in [1.29, 1.82) is 0 Å². The standard InChI is InChI=1S/C16H29N5/c1-4-7-14-19-15(11(3)16(20-14)21-17)18-13-9-6-8-12(5-2)10-13/h12-13H,4-10,17H2,1-3H3,(H2,18,19,20,21). The maximum absolute atomic E-state index is 5.59. The fourth-order valence-electron chi connectivity index (χ4n) is 3.17. The Morgan fingerprint density at radius 1 is 1.19 bits per heavy atom. The molecule has 1 heterocycles. The average molecular weight is 291 g/mol. The Balaban J connectivity index is 2.15. The fourth-order valence-corrected chi connectivity index (χ4v) is 3.17. The van der Waals surface area contributed by atoms with Crippen LogP contribution in [0.4, 0.5) is 11.6 Å². The largest absolute Gasteiger partial charge is 0.367 e. The summed E-state index contributed by atoms with van der Waals surface area (Å²) < 4.78 is 0. The van der Waals surface area contributed by atoms with Gasteiger partial charge in [0.1, 0.15) is 17.5 Å². The summed E-state index contributed by atoms with van der Waals surface area (Å²) in [5.41, 5.74) is 3.71. The quantitative estimate of drug-likeness (QED) is 0.553. The van der Waals surface area contributed by atoms with Crippen LogP contribution in [0.15, 0.2) is 0 Å². The lowest BCUT2D eigenvalue weighted by atomic mass is 9.84. The molecular weight excluding hydrogens is 262 g/mol. The summed E-state index contributed by atoms with van der Waals surface area (Å²) >= 11 is 0. The molecule has 0 radical (unpaired) electrons. The third-order valence-electron chi connectivity index (χ3n) is 4.50. The number of aromatic nitrogens is 2. The van der Waals surface area contributed by atoms with E-state index in [1.165, 1.54) is 32.1 Å². The molecule has 5 nitrogen and oxygen atoms in total. The van der Waals surface area contributed by atoms with E-state index in [0.29, 0.717) is 6.04 Å². The number of anilines is 2. The molecule has 1 aliphatic rings. The molecule has 0 saturated heterocycles. The highest BCUT2D eigenvalue weighted by Gasteiger charge is 2.22. The van der Waals surface area contributed by atoms with Crippen molar-refractivity contribution in [2.75, 3.05) is 10.7 Å². The van der Waals surface area contributed by atoms with Crippen LogP contribution in [-0.4, -0.2) is 16.0 Å². The van der Waals surface area contributed by atoms with Crippen molar-refractivity contribution in [2.45, 2.75) is 71.8 Å². The first-order chi connectivity index (χ1) is 10.2. The lowest BCUT2D eigenvalue weighted by Crippen LogP contribution is -2.28. The molecule has 2 unspecified atom stereocenters. The van der Waals surface area contributed by atoms with Gasteiger partial charge < -0.3 is 10.7 Å². The van der Waals surface area contributed by atoms with E-state index in [1.54, 1.807) is 0 Å². The van der Waals surface area contributed by atoms with Crippen LogP contribution >= 0.6 is 0 Å².